The second-order valence-electron chi connectivity index (χ2n) is 3.09. The van der Waals surface area contributed by atoms with Crippen molar-refractivity contribution in [2.24, 2.45) is 0 Å². The van der Waals surface area contributed by atoms with Crippen molar-refractivity contribution in [3.05, 3.63) is 23.3 Å². The number of esters is 2. The summed E-state index contributed by atoms with van der Waals surface area (Å²) in [4.78, 5) is 23.7. The van der Waals surface area contributed by atoms with Crippen LogP contribution in [0.1, 0.15) is 31.7 Å². The van der Waals surface area contributed by atoms with E-state index in [1.54, 1.807) is 0 Å². The monoisotopic (exact) mass is 294 g/mol. The van der Waals surface area contributed by atoms with Crippen LogP contribution in [0.3, 0.4) is 0 Å². The van der Waals surface area contributed by atoms with Crippen LogP contribution in [0.4, 0.5) is 0 Å². The molecular weight excluding hydrogens is 272 g/mol. The van der Waals surface area contributed by atoms with Gasteiger partial charge in [-0.3, -0.25) is 0 Å². The van der Waals surface area contributed by atoms with Gasteiger partial charge < -0.3 is 29.9 Å². The van der Waals surface area contributed by atoms with E-state index < -0.39 is 60.8 Å². The van der Waals surface area contributed by atoms with Crippen LogP contribution in [0.2, 0.25) is 0 Å². The first kappa shape index (κ1) is 7.46. The standard InChI is InChI=1S/C12H14O8/c13-1-3-19-11(17)7-5-10(16)8(6-9(7)15)12(18)20-4-2-14/h5-6,13-16H,1-4H2/i1D2,2D2,3D2,4D2. The number of aliphatic hydroxyl groups is 2. The molecule has 0 saturated heterocycles. The number of rotatable bonds is 6. The fraction of sp³-hybridized carbons (Fsp3) is 0.333. The Balaban J connectivity index is 3.18. The van der Waals surface area contributed by atoms with Gasteiger partial charge >= 0.3 is 11.9 Å². The number of ether oxygens (including phenoxy) is 2. The van der Waals surface area contributed by atoms with E-state index in [1.165, 1.54) is 0 Å². The first-order valence-electron chi connectivity index (χ1n) is 8.77. The molecule has 0 atom stereocenters. The zero-order valence-corrected chi connectivity index (χ0v) is 9.58. The van der Waals surface area contributed by atoms with E-state index >= 15 is 0 Å². The van der Waals surface area contributed by atoms with Crippen molar-refractivity contribution < 1.29 is 50.5 Å². The number of hydrogen-bond acceptors (Lipinski definition) is 8. The van der Waals surface area contributed by atoms with E-state index in [0.29, 0.717) is 12.1 Å². The van der Waals surface area contributed by atoms with Crippen molar-refractivity contribution >= 4 is 11.9 Å². The average molecular weight is 294 g/mol. The zero-order chi connectivity index (χ0) is 22.3. The third-order valence-electron chi connectivity index (χ3n) is 1.93. The fourth-order valence-corrected chi connectivity index (χ4v) is 1.15. The molecule has 1 rings (SSSR count). The lowest BCUT2D eigenvalue weighted by molar-refractivity contribution is 0.0415. The van der Waals surface area contributed by atoms with Crippen LogP contribution in [0.5, 0.6) is 11.5 Å². The van der Waals surface area contributed by atoms with Gasteiger partial charge in [0.15, 0.2) is 0 Å². The number of phenols is 2. The molecule has 0 unspecified atom stereocenters. The van der Waals surface area contributed by atoms with E-state index in [-0.39, 0.29) is 0 Å². The lowest BCUT2D eigenvalue weighted by atomic mass is 10.1. The van der Waals surface area contributed by atoms with Gasteiger partial charge in [-0.1, -0.05) is 0 Å². The summed E-state index contributed by atoms with van der Waals surface area (Å²) in [5.41, 5.74) is -1.91. The van der Waals surface area contributed by atoms with Gasteiger partial charge in [0.05, 0.1) is 24.1 Å². The van der Waals surface area contributed by atoms with E-state index in [1.807, 2.05) is 0 Å². The number of carbonyl (C=O) groups is 2. The molecule has 8 heteroatoms. The molecule has 0 spiro atoms. The molecule has 0 radical (unpaired) electrons. The van der Waals surface area contributed by atoms with Crippen molar-refractivity contribution in [3.8, 4) is 11.5 Å². The molecule has 1 aromatic rings. The molecule has 20 heavy (non-hydrogen) atoms. The number of carbonyl (C=O) groups excluding carboxylic acids is 2. The second kappa shape index (κ2) is 7.31. The largest absolute Gasteiger partial charge is 0.507 e. The summed E-state index contributed by atoms with van der Waals surface area (Å²) in [5, 5.41) is 37.5. The van der Waals surface area contributed by atoms with Gasteiger partial charge in [0, 0.05) is 0 Å². The van der Waals surface area contributed by atoms with Crippen molar-refractivity contribution in [1.82, 2.24) is 0 Å². The van der Waals surface area contributed by atoms with Crippen molar-refractivity contribution in [3.63, 3.8) is 0 Å². The van der Waals surface area contributed by atoms with E-state index in [9.17, 15) is 19.8 Å². The minimum absolute atomic E-state index is 0.375. The summed E-state index contributed by atoms with van der Waals surface area (Å²) >= 11 is 0. The Hall–Kier alpha value is -2.32. The number of hydrogen-bond donors (Lipinski definition) is 4. The van der Waals surface area contributed by atoms with Gasteiger partial charge in [-0.15, -0.1) is 0 Å². The zero-order valence-electron chi connectivity index (χ0n) is 17.6. The van der Waals surface area contributed by atoms with Gasteiger partial charge in [-0.25, -0.2) is 9.59 Å². The predicted octanol–water partition coefficient (Wildman–Crippen LogP) is -0.604. The Bertz CT molecular complexity index is 717. The molecule has 0 aromatic heterocycles. The maximum atomic E-state index is 11.9. The van der Waals surface area contributed by atoms with Gasteiger partial charge in [0.1, 0.15) is 35.7 Å². The molecule has 8 nitrogen and oxygen atoms in total. The molecule has 0 amide bonds. The molecule has 110 valence electrons. The lowest BCUT2D eigenvalue weighted by Gasteiger charge is -2.09. The maximum absolute atomic E-state index is 11.9. The van der Waals surface area contributed by atoms with Gasteiger partial charge in [-0.05, 0) is 12.1 Å². The molecule has 0 fully saturated rings. The molecule has 0 aliphatic heterocycles. The minimum Gasteiger partial charge on any atom is -0.507 e. The molecule has 0 aliphatic carbocycles. The van der Waals surface area contributed by atoms with Gasteiger partial charge in [-0.2, -0.15) is 0 Å². The Morgan fingerprint density at radius 2 is 1.30 bits per heavy atom. The van der Waals surface area contributed by atoms with Crippen LogP contribution in [-0.2, 0) is 9.47 Å². The highest BCUT2D eigenvalue weighted by Crippen LogP contribution is 2.28. The number of benzene rings is 1. The first-order chi connectivity index (χ1) is 12.3. The van der Waals surface area contributed by atoms with Crippen LogP contribution < -0.4 is 0 Å². The van der Waals surface area contributed by atoms with Crippen LogP contribution in [0, 0.1) is 0 Å². The normalized spacial score (nSPS) is 18.9. The number of phenolic OH excluding ortho intramolecular Hbond substituents is 2. The smallest absolute Gasteiger partial charge is 0.342 e. The summed E-state index contributed by atoms with van der Waals surface area (Å²) in [6.07, 6.45) is 0. The highest BCUT2D eigenvalue weighted by Gasteiger charge is 2.20. The SMILES string of the molecule is [2H]C([2H])(O)C([2H])([2H])OC(=O)c1cc(O)c(C(=O)OC([2H])([2H])C([2H])([2H])O)cc1O. The van der Waals surface area contributed by atoms with Gasteiger partial charge in [0.25, 0.3) is 0 Å². The minimum atomic E-state index is -3.61. The third-order valence-corrected chi connectivity index (χ3v) is 1.93. The van der Waals surface area contributed by atoms with Crippen molar-refractivity contribution in [1.29, 1.82) is 0 Å². The van der Waals surface area contributed by atoms with Crippen LogP contribution in [0.25, 0.3) is 0 Å². The Kier molecular flexibility index (Phi) is 2.73. The average Bonchev–Trinajstić information content (AvgIpc) is 2.45. The Labute approximate surface area is 125 Å². The summed E-state index contributed by atoms with van der Waals surface area (Å²) in [5.74, 6) is -5.71. The molecule has 1 aromatic carbocycles. The van der Waals surface area contributed by atoms with Crippen molar-refractivity contribution in [2.45, 2.75) is 0 Å². The molecule has 4 N–H and O–H groups in total. The topological polar surface area (TPSA) is 134 Å². The maximum Gasteiger partial charge on any atom is 0.342 e. The quantitative estimate of drug-likeness (QED) is 0.403. The third kappa shape index (κ3) is 3.84. The summed E-state index contributed by atoms with van der Waals surface area (Å²) in [7, 11) is 0. The van der Waals surface area contributed by atoms with E-state index in [2.05, 4.69) is 9.47 Å². The molecule has 0 aliphatic rings. The number of aromatic hydroxyl groups is 2. The fourth-order valence-electron chi connectivity index (χ4n) is 1.15. The summed E-state index contributed by atoms with van der Waals surface area (Å²) < 4.78 is 64.0. The van der Waals surface area contributed by atoms with Gasteiger partial charge in [0.2, 0.25) is 0 Å². The van der Waals surface area contributed by atoms with E-state index in [4.69, 9.17) is 21.2 Å². The predicted molar refractivity (Wildman–Crippen MR) is 64.5 cm³/mol. The molecular formula is C12H14O8. The molecule has 0 saturated carbocycles. The Morgan fingerprint density at radius 3 is 1.60 bits per heavy atom. The van der Waals surface area contributed by atoms with E-state index in [0.717, 1.165) is 0 Å². The summed E-state index contributed by atoms with van der Waals surface area (Å²) in [6.45, 7) is -14.3. The van der Waals surface area contributed by atoms with Crippen LogP contribution >= 0.6 is 0 Å². The first-order valence-corrected chi connectivity index (χ1v) is 4.77. The highest BCUT2D eigenvalue weighted by atomic mass is 16.5. The van der Waals surface area contributed by atoms with Crippen molar-refractivity contribution in [2.75, 3.05) is 26.2 Å². The molecule has 0 bridgehead atoms. The second-order valence-corrected chi connectivity index (χ2v) is 3.09. The summed E-state index contributed by atoms with van der Waals surface area (Å²) in [6, 6.07) is 0.751. The Morgan fingerprint density at radius 1 is 0.950 bits per heavy atom. The van der Waals surface area contributed by atoms with Crippen LogP contribution in [0.15, 0.2) is 12.1 Å². The highest BCUT2D eigenvalue weighted by molar-refractivity contribution is 5.98. The lowest BCUT2D eigenvalue weighted by Crippen LogP contribution is -2.11. The van der Waals surface area contributed by atoms with Crippen LogP contribution in [-0.4, -0.2) is 58.6 Å². The molecule has 0 heterocycles.